The standard InChI is InChI=1S/C13H21BCl3NO4/c1-11(2)12(3,4)22-14(21-11)7-6-8-18(5)10(19)20-9-13(15,16)17/h6-7H,8-9H2,1-5H3. The van der Waals surface area contributed by atoms with Crippen molar-refractivity contribution in [2.24, 2.45) is 0 Å². The monoisotopic (exact) mass is 371 g/mol. The fourth-order valence-electron chi connectivity index (χ4n) is 1.63. The molecular formula is C13H21BCl3NO4. The molecule has 0 spiro atoms. The Morgan fingerprint density at radius 2 is 1.73 bits per heavy atom. The minimum absolute atomic E-state index is 0.304. The van der Waals surface area contributed by atoms with Gasteiger partial charge in [0.1, 0.15) is 6.61 Å². The van der Waals surface area contributed by atoms with Gasteiger partial charge in [0.05, 0.1) is 11.2 Å². The summed E-state index contributed by atoms with van der Waals surface area (Å²) in [6, 6.07) is 0. The molecule has 0 aliphatic carbocycles. The van der Waals surface area contributed by atoms with Gasteiger partial charge in [-0.15, -0.1) is 0 Å². The van der Waals surface area contributed by atoms with Gasteiger partial charge >= 0.3 is 13.2 Å². The summed E-state index contributed by atoms with van der Waals surface area (Å²) in [6.07, 6.45) is 1.18. The van der Waals surface area contributed by atoms with Crippen molar-refractivity contribution in [2.75, 3.05) is 20.2 Å². The molecule has 126 valence electrons. The third kappa shape index (κ3) is 5.82. The fraction of sp³-hybridized carbons (Fsp3) is 0.769. The first-order valence-corrected chi connectivity index (χ1v) is 7.94. The predicted octanol–water partition coefficient (Wildman–Crippen LogP) is 3.61. The Balaban J connectivity index is 2.42. The molecule has 1 aliphatic rings. The fourth-order valence-corrected chi connectivity index (χ4v) is 1.79. The van der Waals surface area contributed by atoms with E-state index >= 15 is 0 Å². The number of hydrogen-bond acceptors (Lipinski definition) is 4. The van der Waals surface area contributed by atoms with Gasteiger partial charge in [-0.05, 0) is 27.7 Å². The maximum absolute atomic E-state index is 11.7. The molecule has 1 rings (SSSR count). The van der Waals surface area contributed by atoms with E-state index in [0.717, 1.165) is 0 Å². The van der Waals surface area contributed by atoms with Crippen LogP contribution in [0.1, 0.15) is 27.7 Å². The van der Waals surface area contributed by atoms with E-state index in [1.54, 1.807) is 19.1 Å². The molecule has 0 bridgehead atoms. The minimum atomic E-state index is -1.62. The van der Waals surface area contributed by atoms with E-state index in [-0.39, 0.29) is 6.61 Å². The Labute approximate surface area is 146 Å². The Morgan fingerprint density at radius 3 is 2.18 bits per heavy atom. The zero-order chi connectivity index (χ0) is 17.2. The molecule has 0 saturated carbocycles. The molecule has 1 aliphatic heterocycles. The van der Waals surface area contributed by atoms with Crippen LogP contribution < -0.4 is 0 Å². The summed E-state index contributed by atoms with van der Waals surface area (Å²) in [5.74, 6) is 1.76. The van der Waals surface area contributed by atoms with Crippen molar-refractivity contribution in [3.63, 3.8) is 0 Å². The van der Waals surface area contributed by atoms with Gasteiger partial charge in [0.2, 0.25) is 3.79 Å². The van der Waals surface area contributed by atoms with Crippen LogP contribution in [-0.2, 0) is 14.0 Å². The van der Waals surface area contributed by atoms with Crippen LogP contribution in [0.5, 0.6) is 0 Å². The van der Waals surface area contributed by atoms with Crippen LogP contribution in [0.25, 0.3) is 0 Å². The van der Waals surface area contributed by atoms with Crippen molar-refractivity contribution in [3.05, 3.63) is 12.1 Å². The van der Waals surface area contributed by atoms with Crippen LogP contribution in [0.2, 0.25) is 0 Å². The van der Waals surface area contributed by atoms with Crippen LogP contribution in [0, 0.1) is 0 Å². The molecule has 0 aromatic carbocycles. The number of halogens is 3. The summed E-state index contributed by atoms with van der Waals surface area (Å²) >= 11 is 16.5. The van der Waals surface area contributed by atoms with Crippen LogP contribution in [0.3, 0.4) is 0 Å². The summed E-state index contributed by atoms with van der Waals surface area (Å²) in [5.41, 5.74) is -0.783. The Kier molecular flexibility index (Phi) is 6.50. The van der Waals surface area contributed by atoms with Gasteiger partial charge in [-0.25, -0.2) is 4.79 Å². The molecular weight excluding hydrogens is 351 g/mol. The molecule has 1 fully saturated rings. The number of nitrogens with zero attached hydrogens (tertiary/aromatic N) is 1. The Morgan fingerprint density at radius 1 is 1.23 bits per heavy atom. The molecule has 1 saturated heterocycles. The van der Waals surface area contributed by atoms with Crippen molar-refractivity contribution in [1.82, 2.24) is 4.90 Å². The normalized spacial score (nSPS) is 20.5. The molecule has 22 heavy (non-hydrogen) atoms. The first-order valence-electron chi connectivity index (χ1n) is 6.81. The van der Waals surface area contributed by atoms with Crippen LogP contribution >= 0.6 is 34.8 Å². The number of hydrogen-bond donors (Lipinski definition) is 0. The molecule has 1 amide bonds. The molecule has 9 heteroatoms. The predicted molar refractivity (Wildman–Crippen MR) is 89.5 cm³/mol. The average molecular weight is 372 g/mol. The van der Waals surface area contributed by atoms with Gasteiger partial charge in [0.15, 0.2) is 0 Å². The highest BCUT2D eigenvalue weighted by Crippen LogP contribution is 2.36. The van der Waals surface area contributed by atoms with Gasteiger partial charge in [-0.3, -0.25) is 0 Å². The lowest BCUT2D eigenvalue weighted by Crippen LogP contribution is -2.41. The summed E-state index contributed by atoms with van der Waals surface area (Å²) in [6.45, 7) is 7.91. The maximum atomic E-state index is 11.7. The molecule has 0 radical (unpaired) electrons. The number of alkyl halides is 3. The molecule has 0 aromatic rings. The summed E-state index contributed by atoms with van der Waals surface area (Å²) in [4.78, 5) is 13.0. The van der Waals surface area contributed by atoms with E-state index in [4.69, 9.17) is 48.8 Å². The van der Waals surface area contributed by atoms with Crippen molar-refractivity contribution in [3.8, 4) is 0 Å². The van der Waals surface area contributed by atoms with Crippen LogP contribution in [0.4, 0.5) is 4.79 Å². The van der Waals surface area contributed by atoms with Crippen LogP contribution in [0.15, 0.2) is 12.1 Å². The highest BCUT2D eigenvalue weighted by molar-refractivity contribution is 6.67. The molecule has 1 heterocycles. The summed E-state index contributed by atoms with van der Waals surface area (Å²) < 4.78 is 14.8. The van der Waals surface area contributed by atoms with Crippen molar-refractivity contribution in [2.45, 2.75) is 42.7 Å². The number of likely N-dealkylation sites (N-methyl/N-ethyl adjacent to an activating group) is 1. The van der Waals surface area contributed by atoms with Gasteiger partial charge in [-0.1, -0.05) is 46.9 Å². The molecule has 0 N–H and O–H groups in total. The molecule has 0 atom stereocenters. The minimum Gasteiger partial charge on any atom is -0.445 e. The topological polar surface area (TPSA) is 48.0 Å². The van der Waals surface area contributed by atoms with E-state index in [1.165, 1.54) is 4.90 Å². The number of rotatable bonds is 4. The van der Waals surface area contributed by atoms with E-state index < -0.39 is 28.2 Å². The summed E-state index contributed by atoms with van der Waals surface area (Å²) in [7, 11) is 1.13. The lowest BCUT2D eigenvalue weighted by Gasteiger charge is -2.32. The van der Waals surface area contributed by atoms with Crippen molar-refractivity contribution >= 4 is 48.0 Å². The van der Waals surface area contributed by atoms with E-state index in [1.807, 2.05) is 27.7 Å². The van der Waals surface area contributed by atoms with Crippen molar-refractivity contribution in [1.29, 1.82) is 0 Å². The summed E-state index contributed by atoms with van der Waals surface area (Å²) in [5, 5.41) is 0. The lowest BCUT2D eigenvalue weighted by molar-refractivity contribution is 0.00578. The second-order valence-electron chi connectivity index (χ2n) is 6.10. The van der Waals surface area contributed by atoms with E-state index in [9.17, 15) is 4.79 Å². The maximum Gasteiger partial charge on any atom is 0.486 e. The first kappa shape index (κ1) is 19.9. The zero-order valence-electron chi connectivity index (χ0n) is 13.4. The smallest absolute Gasteiger partial charge is 0.445 e. The molecule has 0 aromatic heterocycles. The van der Waals surface area contributed by atoms with Crippen LogP contribution in [-0.4, -0.2) is 53.3 Å². The largest absolute Gasteiger partial charge is 0.486 e. The number of amides is 1. The quantitative estimate of drug-likeness (QED) is 0.559. The first-order chi connectivity index (χ1) is 9.84. The van der Waals surface area contributed by atoms with Gasteiger partial charge in [0.25, 0.3) is 0 Å². The number of carbonyl (C=O) groups is 1. The zero-order valence-corrected chi connectivity index (χ0v) is 15.6. The highest BCUT2D eigenvalue weighted by atomic mass is 35.6. The highest BCUT2D eigenvalue weighted by Gasteiger charge is 2.49. The number of ether oxygens (including phenoxy) is 1. The molecule has 5 nitrogen and oxygen atoms in total. The Bertz CT molecular complexity index is 421. The van der Waals surface area contributed by atoms with E-state index in [2.05, 4.69) is 0 Å². The van der Waals surface area contributed by atoms with Gasteiger partial charge < -0.3 is 18.9 Å². The third-order valence-corrected chi connectivity index (χ3v) is 3.94. The van der Waals surface area contributed by atoms with Gasteiger partial charge in [0, 0.05) is 13.6 Å². The molecule has 0 unspecified atom stereocenters. The number of carbonyl (C=O) groups excluding carboxylic acids is 1. The van der Waals surface area contributed by atoms with Crippen molar-refractivity contribution < 1.29 is 18.8 Å². The third-order valence-electron chi connectivity index (χ3n) is 3.61. The van der Waals surface area contributed by atoms with E-state index in [0.29, 0.717) is 6.54 Å². The second kappa shape index (κ2) is 7.18. The Hall–Kier alpha value is -0.135. The lowest BCUT2D eigenvalue weighted by atomic mass is 9.90. The second-order valence-corrected chi connectivity index (χ2v) is 8.62. The SMILES string of the molecule is CN(CC=CB1OC(C)(C)C(C)(C)O1)C(=O)OCC(Cl)(Cl)Cl. The van der Waals surface area contributed by atoms with Gasteiger partial charge in [-0.2, -0.15) is 0 Å². The average Bonchev–Trinajstić information content (AvgIpc) is 2.53.